The van der Waals surface area contributed by atoms with Crippen LogP contribution < -0.4 is 5.73 Å². The third-order valence-corrected chi connectivity index (χ3v) is 6.04. The van der Waals surface area contributed by atoms with E-state index in [0.29, 0.717) is 5.56 Å². The number of nitrogens with zero attached hydrogens (tertiary/aromatic N) is 7. The van der Waals surface area contributed by atoms with E-state index in [4.69, 9.17) is 26.8 Å². The number of nitrogen functional groups attached to an aromatic ring is 1. The Bertz CT molecular complexity index is 1370. The maximum absolute atomic E-state index is 12.5. The number of H-pyrrole nitrogens is 1. The van der Waals surface area contributed by atoms with Gasteiger partial charge in [0, 0.05) is 6.42 Å². The highest BCUT2D eigenvalue weighted by Gasteiger charge is 2.50. The van der Waals surface area contributed by atoms with E-state index >= 15 is 0 Å². The molecule has 0 aliphatic carbocycles. The number of benzene rings is 1. The van der Waals surface area contributed by atoms with Gasteiger partial charge in [-0.25, -0.2) is 9.78 Å². The number of tetrazole rings is 1. The van der Waals surface area contributed by atoms with Gasteiger partial charge < -0.3 is 30.5 Å². The summed E-state index contributed by atoms with van der Waals surface area (Å²) in [6.07, 6.45) is -4.01. The minimum Gasteiger partial charge on any atom is -0.479 e. The molecule has 4 heterocycles. The molecule has 3 aromatic heterocycles. The molecule has 1 aromatic carbocycles. The minimum absolute atomic E-state index is 0.0314. The Morgan fingerprint density at radius 3 is 2.72 bits per heavy atom. The minimum atomic E-state index is -2.06. The van der Waals surface area contributed by atoms with Crippen LogP contribution in [0.5, 0.6) is 0 Å². The van der Waals surface area contributed by atoms with Crippen LogP contribution in [0.4, 0.5) is 5.82 Å². The Labute approximate surface area is 206 Å². The molecule has 5 atom stereocenters. The smallest absolute Gasteiger partial charge is 0.344 e. The number of hydrogen-bond donors (Lipinski definition) is 5. The Morgan fingerprint density at radius 2 is 2.03 bits per heavy atom. The summed E-state index contributed by atoms with van der Waals surface area (Å²) in [6, 6.07) is 8.74. The quantitative estimate of drug-likeness (QED) is 0.185. The normalized spacial score (nSPS) is 23.6. The molecule has 15 nitrogen and oxygen atoms in total. The summed E-state index contributed by atoms with van der Waals surface area (Å²) in [5.41, 5.74) is 4.82. The number of aromatic amines is 1. The second kappa shape index (κ2) is 9.36. The zero-order valence-electron chi connectivity index (χ0n) is 18.3. The zero-order valence-corrected chi connectivity index (χ0v) is 19.1. The number of ether oxygens (including phenoxy) is 2. The van der Waals surface area contributed by atoms with E-state index in [2.05, 4.69) is 35.6 Å². The van der Waals surface area contributed by atoms with E-state index < -0.39 is 42.7 Å². The second-order valence-electron chi connectivity index (χ2n) is 8.09. The highest BCUT2D eigenvalue weighted by molar-refractivity contribution is 6.28. The fraction of sp³-hybridized carbons (Fsp3) is 0.350. The number of halogens is 1. The highest BCUT2D eigenvalue weighted by Crippen LogP contribution is 2.35. The lowest BCUT2D eigenvalue weighted by Gasteiger charge is -2.28. The number of imidazole rings is 1. The summed E-state index contributed by atoms with van der Waals surface area (Å²) in [5.74, 6) is -1.56. The van der Waals surface area contributed by atoms with Gasteiger partial charge in [0.05, 0.1) is 12.9 Å². The van der Waals surface area contributed by atoms with Crippen LogP contribution in [0.25, 0.3) is 11.2 Å². The molecular weight excluding hydrogens is 498 g/mol. The summed E-state index contributed by atoms with van der Waals surface area (Å²) in [7, 11) is 0. The van der Waals surface area contributed by atoms with Crippen LogP contribution in [-0.4, -0.2) is 86.4 Å². The Balaban J connectivity index is 1.42. The number of fused-ring (bicyclic) bond motifs is 1. The molecule has 0 bridgehead atoms. The van der Waals surface area contributed by atoms with Gasteiger partial charge in [0.1, 0.15) is 23.8 Å². The molecule has 16 heteroatoms. The number of carboxylic acids is 1. The summed E-state index contributed by atoms with van der Waals surface area (Å²) in [6.45, 7) is -0.438. The van der Waals surface area contributed by atoms with Gasteiger partial charge in [0.15, 0.2) is 17.7 Å². The number of nitrogens with one attached hydrogen (secondary N) is 1. The number of carboxylic acid groups (broad SMARTS) is 1. The van der Waals surface area contributed by atoms with E-state index in [1.54, 1.807) is 30.3 Å². The van der Waals surface area contributed by atoms with E-state index in [1.165, 1.54) is 10.9 Å². The number of rotatable bonds is 8. The lowest BCUT2D eigenvalue weighted by molar-refractivity contribution is -0.177. The lowest BCUT2D eigenvalue weighted by atomic mass is 9.93. The van der Waals surface area contributed by atoms with Crippen molar-refractivity contribution in [3.63, 3.8) is 0 Å². The summed E-state index contributed by atoms with van der Waals surface area (Å²) in [4.78, 5) is 24.5. The molecule has 36 heavy (non-hydrogen) atoms. The largest absolute Gasteiger partial charge is 0.479 e. The number of hydrogen-bond acceptors (Lipinski definition) is 12. The SMILES string of the molecule is Nc1nc(Cl)nc2c1ncn2[C@@H]1O[C@H](CO[C@@](Cc2ccccc2)(C(=O)O)c2nn[nH]n2)[C@@H](O)[C@H]1O. The molecule has 188 valence electrons. The van der Waals surface area contributed by atoms with Gasteiger partial charge in [-0.2, -0.15) is 15.2 Å². The predicted molar refractivity (Wildman–Crippen MR) is 120 cm³/mol. The first kappa shape index (κ1) is 24.0. The average Bonchev–Trinajstić information content (AvgIpc) is 3.59. The highest BCUT2D eigenvalue weighted by atomic mass is 35.5. The molecule has 5 rings (SSSR count). The molecule has 1 aliphatic rings. The van der Waals surface area contributed by atoms with Crippen LogP contribution in [-0.2, 0) is 26.3 Å². The van der Waals surface area contributed by atoms with Crippen molar-refractivity contribution in [1.29, 1.82) is 0 Å². The van der Waals surface area contributed by atoms with Gasteiger partial charge in [-0.05, 0) is 17.2 Å². The molecule has 6 N–H and O–H groups in total. The van der Waals surface area contributed by atoms with E-state index in [0.717, 1.165) is 0 Å². The second-order valence-corrected chi connectivity index (χ2v) is 8.43. The Kier molecular flexibility index (Phi) is 6.23. The standard InChI is InChI=1S/C20H20ClN9O6/c21-19-24-14(22)11-15(25-19)30(8-23-11)16-13(32)12(31)10(36-16)7-35-20(18(33)34,17-26-28-29-27-17)6-9-4-2-1-3-5-9/h1-5,8,10,12-13,16,31-32H,6-7H2,(H,33,34)(H2,22,24,25)(H,26,27,28,29)/t10-,12-,13-,16-,20-/m1/s1. The van der Waals surface area contributed by atoms with Crippen molar-refractivity contribution in [2.75, 3.05) is 12.3 Å². The first-order valence-corrected chi connectivity index (χ1v) is 11.0. The molecule has 1 fully saturated rings. The molecule has 0 saturated carbocycles. The average molecular weight is 518 g/mol. The number of aliphatic hydroxyl groups excluding tert-OH is 2. The molecule has 0 spiro atoms. The number of aliphatic hydroxyl groups is 2. The van der Waals surface area contributed by atoms with Crippen LogP contribution >= 0.6 is 11.6 Å². The topological polar surface area (TPSA) is 220 Å². The van der Waals surface area contributed by atoms with Gasteiger partial charge in [0.2, 0.25) is 16.7 Å². The zero-order chi connectivity index (χ0) is 25.4. The molecule has 0 radical (unpaired) electrons. The maximum atomic E-state index is 12.5. The summed E-state index contributed by atoms with van der Waals surface area (Å²) in [5, 5.41) is 44.8. The number of anilines is 1. The third kappa shape index (κ3) is 4.12. The predicted octanol–water partition coefficient (Wildman–Crippen LogP) is -0.566. The number of carbonyl (C=O) groups is 1. The van der Waals surface area contributed by atoms with Crippen LogP contribution in [0.1, 0.15) is 17.6 Å². The molecule has 4 aromatic rings. The number of nitrogens with two attached hydrogens (primary N) is 1. The van der Waals surface area contributed by atoms with Crippen LogP contribution in [0.3, 0.4) is 0 Å². The maximum Gasteiger partial charge on any atom is 0.344 e. The monoisotopic (exact) mass is 517 g/mol. The number of aromatic nitrogens is 8. The summed E-state index contributed by atoms with van der Waals surface area (Å²) < 4.78 is 13.1. The van der Waals surface area contributed by atoms with Crippen molar-refractivity contribution in [3.8, 4) is 0 Å². The Hall–Kier alpha value is -3.76. The molecule has 1 aliphatic heterocycles. The van der Waals surface area contributed by atoms with E-state index in [9.17, 15) is 20.1 Å². The first-order chi connectivity index (χ1) is 17.3. The van der Waals surface area contributed by atoms with Gasteiger partial charge in [-0.3, -0.25) is 4.57 Å². The first-order valence-electron chi connectivity index (χ1n) is 10.6. The molecule has 0 unspecified atom stereocenters. The number of aliphatic carboxylic acids is 1. The third-order valence-electron chi connectivity index (χ3n) is 5.87. The van der Waals surface area contributed by atoms with Crippen molar-refractivity contribution in [1.82, 2.24) is 40.1 Å². The lowest BCUT2D eigenvalue weighted by Crippen LogP contribution is -2.45. The van der Waals surface area contributed by atoms with E-state index in [-0.39, 0.29) is 34.5 Å². The van der Waals surface area contributed by atoms with Gasteiger partial charge in [-0.15, -0.1) is 10.2 Å². The fourth-order valence-corrected chi connectivity index (χ4v) is 4.23. The van der Waals surface area contributed by atoms with E-state index in [1.807, 2.05) is 0 Å². The van der Waals surface area contributed by atoms with Crippen molar-refractivity contribution >= 4 is 34.6 Å². The van der Waals surface area contributed by atoms with Gasteiger partial charge in [0.25, 0.3) is 0 Å². The van der Waals surface area contributed by atoms with Crippen LogP contribution in [0, 0.1) is 0 Å². The Morgan fingerprint density at radius 1 is 1.25 bits per heavy atom. The fourth-order valence-electron chi connectivity index (χ4n) is 4.06. The van der Waals surface area contributed by atoms with Crippen LogP contribution in [0.2, 0.25) is 5.28 Å². The molecule has 1 saturated heterocycles. The molecular formula is C20H20ClN9O6. The van der Waals surface area contributed by atoms with Gasteiger partial charge in [-0.1, -0.05) is 35.5 Å². The van der Waals surface area contributed by atoms with Crippen molar-refractivity contribution in [2.24, 2.45) is 0 Å². The van der Waals surface area contributed by atoms with Crippen molar-refractivity contribution < 1.29 is 29.6 Å². The van der Waals surface area contributed by atoms with Gasteiger partial charge >= 0.3 is 5.97 Å². The summed E-state index contributed by atoms with van der Waals surface area (Å²) >= 11 is 5.91. The molecule has 0 amide bonds. The van der Waals surface area contributed by atoms with Crippen molar-refractivity contribution in [3.05, 3.63) is 53.3 Å². The van der Waals surface area contributed by atoms with Crippen molar-refractivity contribution in [2.45, 2.75) is 36.6 Å². The van der Waals surface area contributed by atoms with Crippen LogP contribution in [0.15, 0.2) is 36.7 Å².